The number of nitrogens with zero attached hydrogens (tertiary/aromatic N) is 1. The van der Waals surface area contributed by atoms with Crippen LogP contribution in [0.4, 0.5) is 0 Å². The Morgan fingerprint density at radius 1 is 1.00 bits per heavy atom. The lowest BCUT2D eigenvalue weighted by atomic mass is 10.1. The first-order valence-electron chi connectivity index (χ1n) is 7.49. The van der Waals surface area contributed by atoms with Gasteiger partial charge in [-0.15, -0.1) is 11.3 Å². The summed E-state index contributed by atoms with van der Waals surface area (Å²) in [6, 6.07) is 12.6. The average Bonchev–Trinajstić information content (AvgIpc) is 3.42. The summed E-state index contributed by atoms with van der Waals surface area (Å²) >= 11 is 1.12. The van der Waals surface area contributed by atoms with Gasteiger partial charge in [0, 0.05) is 11.4 Å². The molecule has 0 aliphatic heterocycles. The maximum atomic E-state index is 13.3. The van der Waals surface area contributed by atoms with Crippen molar-refractivity contribution in [1.82, 2.24) is 5.16 Å². The molecule has 0 spiro atoms. The highest BCUT2D eigenvalue weighted by atomic mass is 32.2. The van der Waals surface area contributed by atoms with Crippen molar-refractivity contribution in [3.8, 4) is 10.6 Å². The third-order valence-electron chi connectivity index (χ3n) is 3.73. The van der Waals surface area contributed by atoms with Crippen LogP contribution in [0.25, 0.3) is 10.6 Å². The molecule has 4 aromatic rings. The predicted molar refractivity (Wildman–Crippen MR) is 93.9 cm³/mol. The molecule has 0 bridgehead atoms. The van der Waals surface area contributed by atoms with E-state index in [0.717, 1.165) is 11.3 Å². The van der Waals surface area contributed by atoms with Crippen LogP contribution in [0.2, 0.25) is 0 Å². The first-order valence-corrected chi connectivity index (χ1v) is 9.86. The SMILES string of the molecule is O=C(c1ccco1)c1csc(-c2ccon2)c1S(=O)(=O)c1ccccc1. The topological polar surface area (TPSA) is 90.4 Å². The Morgan fingerprint density at radius 3 is 2.46 bits per heavy atom. The highest BCUT2D eigenvalue weighted by Crippen LogP contribution is 2.39. The summed E-state index contributed by atoms with van der Waals surface area (Å²) in [5.74, 6) is -0.436. The lowest BCUT2D eigenvalue weighted by Crippen LogP contribution is -2.09. The molecule has 130 valence electrons. The second-order valence-corrected chi connectivity index (χ2v) is 8.08. The number of hydrogen-bond donors (Lipinski definition) is 0. The summed E-state index contributed by atoms with van der Waals surface area (Å²) in [5.41, 5.74) is 0.398. The van der Waals surface area contributed by atoms with E-state index in [2.05, 4.69) is 5.16 Å². The molecule has 1 aromatic carbocycles. The van der Waals surface area contributed by atoms with Gasteiger partial charge in [-0.2, -0.15) is 0 Å². The van der Waals surface area contributed by atoms with Crippen molar-refractivity contribution in [1.29, 1.82) is 0 Å². The van der Waals surface area contributed by atoms with Crippen LogP contribution in [0.1, 0.15) is 16.1 Å². The van der Waals surface area contributed by atoms with Crippen LogP contribution in [0.5, 0.6) is 0 Å². The van der Waals surface area contributed by atoms with Crippen LogP contribution in [0.15, 0.2) is 85.2 Å². The molecule has 0 aliphatic carbocycles. The van der Waals surface area contributed by atoms with Crippen LogP contribution in [0.3, 0.4) is 0 Å². The van der Waals surface area contributed by atoms with Crippen LogP contribution in [-0.2, 0) is 9.84 Å². The van der Waals surface area contributed by atoms with E-state index in [4.69, 9.17) is 8.94 Å². The smallest absolute Gasteiger partial charge is 0.230 e. The van der Waals surface area contributed by atoms with E-state index in [1.54, 1.807) is 30.3 Å². The number of carbonyl (C=O) groups is 1. The summed E-state index contributed by atoms with van der Waals surface area (Å²) in [6.45, 7) is 0. The van der Waals surface area contributed by atoms with Gasteiger partial charge in [-0.25, -0.2) is 8.42 Å². The largest absolute Gasteiger partial charge is 0.461 e. The number of rotatable bonds is 5. The number of benzene rings is 1. The number of ketones is 1. The Morgan fingerprint density at radius 2 is 1.81 bits per heavy atom. The molecule has 3 aromatic heterocycles. The molecule has 26 heavy (non-hydrogen) atoms. The molecule has 0 fully saturated rings. The molecule has 6 nitrogen and oxygen atoms in total. The van der Waals surface area contributed by atoms with Gasteiger partial charge in [-0.05, 0) is 24.3 Å². The Hall–Kier alpha value is -2.97. The molecule has 0 atom stereocenters. The second-order valence-electron chi connectivity index (χ2n) is 5.32. The second kappa shape index (κ2) is 6.40. The van der Waals surface area contributed by atoms with E-state index >= 15 is 0 Å². The fourth-order valence-corrected chi connectivity index (χ4v) is 5.53. The van der Waals surface area contributed by atoms with Gasteiger partial charge in [-0.1, -0.05) is 23.4 Å². The number of furan rings is 1. The molecular weight excluding hydrogens is 374 g/mol. The first kappa shape index (κ1) is 16.5. The van der Waals surface area contributed by atoms with E-state index in [-0.39, 0.29) is 21.1 Å². The Bertz CT molecular complexity index is 1140. The zero-order valence-electron chi connectivity index (χ0n) is 13.2. The van der Waals surface area contributed by atoms with Crippen molar-refractivity contribution >= 4 is 27.0 Å². The number of hydrogen-bond acceptors (Lipinski definition) is 7. The average molecular weight is 385 g/mol. The highest BCUT2D eigenvalue weighted by Gasteiger charge is 2.32. The summed E-state index contributed by atoms with van der Waals surface area (Å²) < 4.78 is 36.5. The van der Waals surface area contributed by atoms with Gasteiger partial charge < -0.3 is 8.94 Å². The van der Waals surface area contributed by atoms with Gasteiger partial charge in [0.2, 0.25) is 15.6 Å². The van der Waals surface area contributed by atoms with E-state index < -0.39 is 15.6 Å². The molecule has 0 unspecified atom stereocenters. The highest BCUT2D eigenvalue weighted by molar-refractivity contribution is 7.92. The van der Waals surface area contributed by atoms with E-state index in [9.17, 15) is 13.2 Å². The van der Waals surface area contributed by atoms with Crippen molar-refractivity contribution in [3.05, 3.63) is 77.8 Å². The lowest BCUT2D eigenvalue weighted by Gasteiger charge is -2.07. The molecule has 0 saturated heterocycles. The first-order chi connectivity index (χ1) is 12.6. The van der Waals surface area contributed by atoms with Crippen LogP contribution in [-0.4, -0.2) is 19.4 Å². The van der Waals surface area contributed by atoms with Gasteiger partial charge >= 0.3 is 0 Å². The zero-order chi connectivity index (χ0) is 18.1. The summed E-state index contributed by atoms with van der Waals surface area (Å²) in [7, 11) is -3.95. The summed E-state index contributed by atoms with van der Waals surface area (Å²) in [5, 5.41) is 5.33. The number of thiophene rings is 1. The van der Waals surface area contributed by atoms with Crippen molar-refractivity contribution in [2.45, 2.75) is 9.79 Å². The fraction of sp³-hybridized carbons (Fsp3) is 0. The van der Waals surface area contributed by atoms with Crippen LogP contribution in [0, 0.1) is 0 Å². The Labute approximate surface area is 152 Å². The maximum Gasteiger partial charge on any atom is 0.230 e. The van der Waals surface area contributed by atoms with Gasteiger partial charge in [-0.3, -0.25) is 4.79 Å². The minimum atomic E-state index is -3.95. The van der Waals surface area contributed by atoms with E-state index in [0.29, 0.717) is 10.6 Å². The minimum absolute atomic E-state index is 0.0480. The fourth-order valence-electron chi connectivity index (χ4n) is 2.53. The quantitative estimate of drug-likeness (QED) is 0.481. The summed E-state index contributed by atoms with van der Waals surface area (Å²) in [6.07, 6.45) is 2.71. The lowest BCUT2D eigenvalue weighted by molar-refractivity contribution is 0.101. The molecule has 4 rings (SSSR count). The normalized spacial score (nSPS) is 11.5. The Kier molecular flexibility index (Phi) is 4.06. The van der Waals surface area contributed by atoms with Crippen molar-refractivity contribution < 1.29 is 22.2 Å². The van der Waals surface area contributed by atoms with Crippen molar-refractivity contribution in [3.63, 3.8) is 0 Å². The number of carbonyl (C=O) groups excluding carboxylic acids is 1. The van der Waals surface area contributed by atoms with Gasteiger partial charge in [0.05, 0.1) is 21.6 Å². The van der Waals surface area contributed by atoms with Crippen molar-refractivity contribution in [2.24, 2.45) is 0 Å². The molecule has 0 N–H and O–H groups in total. The van der Waals surface area contributed by atoms with Gasteiger partial charge in [0.25, 0.3) is 0 Å². The molecule has 0 saturated carbocycles. The number of aromatic nitrogens is 1. The minimum Gasteiger partial charge on any atom is -0.461 e. The molecular formula is C18H11NO5S2. The van der Waals surface area contributed by atoms with Crippen molar-refractivity contribution in [2.75, 3.05) is 0 Å². The van der Waals surface area contributed by atoms with Gasteiger partial charge in [0.1, 0.15) is 16.9 Å². The van der Waals surface area contributed by atoms with Gasteiger partial charge in [0.15, 0.2) is 5.76 Å². The standard InChI is InChI=1S/C18H11NO5S2/c20-16(15-7-4-9-23-15)13-11-25-17(14-8-10-24-19-14)18(13)26(21,22)12-5-2-1-3-6-12/h1-11H. The molecule has 8 heteroatoms. The Balaban J connectivity index is 1.97. The molecule has 3 heterocycles. The molecule has 0 aliphatic rings. The van der Waals surface area contributed by atoms with E-state index in [1.165, 1.54) is 36.1 Å². The number of sulfone groups is 1. The summed E-state index contributed by atoms with van der Waals surface area (Å²) in [4.78, 5) is 13.1. The maximum absolute atomic E-state index is 13.3. The zero-order valence-corrected chi connectivity index (χ0v) is 14.8. The predicted octanol–water partition coefficient (Wildman–Crippen LogP) is 4.06. The van der Waals surface area contributed by atoms with Crippen LogP contribution >= 0.6 is 11.3 Å². The third-order valence-corrected chi connectivity index (χ3v) is 6.71. The third kappa shape index (κ3) is 2.69. The van der Waals surface area contributed by atoms with E-state index in [1.807, 2.05) is 0 Å². The monoisotopic (exact) mass is 385 g/mol. The molecule has 0 amide bonds. The molecule has 0 radical (unpaired) electrons. The van der Waals surface area contributed by atoms with Crippen LogP contribution < -0.4 is 0 Å².